The summed E-state index contributed by atoms with van der Waals surface area (Å²) in [4.78, 5) is 24.1. The smallest absolute Gasteiger partial charge is 0.338 e. The van der Waals surface area contributed by atoms with Crippen molar-refractivity contribution in [2.24, 2.45) is 0 Å². The second-order valence-corrected chi connectivity index (χ2v) is 5.86. The number of carbonyl (C=O) groups excluding carboxylic acids is 2. The van der Waals surface area contributed by atoms with Crippen LogP contribution in [0.25, 0.3) is 0 Å². The van der Waals surface area contributed by atoms with Crippen molar-refractivity contribution in [1.82, 2.24) is 0 Å². The van der Waals surface area contributed by atoms with Crippen LogP contribution in [0.4, 0.5) is 10.1 Å². The first-order chi connectivity index (χ1) is 11.4. The van der Waals surface area contributed by atoms with E-state index < -0.39 is 17.2 Å². The second-order valence-electron chi connectivity index (χ2n) is 5.86. The van der Waals surface area contributed by atoms with Gasteiger partial charge >= 0.3 is 5.97 Å². The number of ether oxygens (including phenoxy) is 1. The topological polar surface area (TPSA) is 55.4 Å². The number of anilines is 1. The highest BCUT2D eigenvalue weighted by Gasteiger charge is 2.32. The molecule has 0 spiro atoms. The fourth-order valence-corrected chi connectivity index (χ4v) is 2.28. The van der Waals surface area contributed by atoms with E-state index in [0.717, 1.165) is 0 Å². The molecule has 0 aliphatic rings. The molecule has 0 fully saturated rings. The molecule has 126 valence electrons. The molecule has 0 saturated carbocycles. The molecular weight excluding hydrogens is 309 g/mol. The molecule has 0 aliphatic carbocycles. The number of nitrogens with one attached hydrogen (secondary N) is 1. The highest BCUT2D eigenvalue weighted by molar-refractivity contribution is 5.99. The van der Waals surface area contributed by atoms with Crippen LogP contribution in [0.15, 0.2) is 48.5 Å². The highest BCUT2D eigenvalue weighted by Crippen LogP contribution is 2.27. The van der Waals surface area contributed by atoms with Crippen molar-refractivity contribution >= 4 is 17.6 Å². The first-order valence-corrected chi connectivity index (χ1v) is 7.70. The van der Waals surface area contributed by atoms with E-state index in [4.69, 9.17) is 4.74 Å². The maximum absolute atomic E-state index is 14.0. The predicted octanol–water partition coefficient (Wildman–Crippen LogP) is 3.92. The molecule has 0 atom stereocenters. The number of rotatable bonds is 5. The van der Waals surface area contributed by atoms with E-state index in [1.165, 1.54) is 6.07 Å². The Morgan fingerprint density at radius 2 is 1.71 bits per heavy atom. The number of amides is 1. The summed E-state index contributed by atoms with van der Waals surface area (Å²) in [6.07, 6.45) is 0. The monoisotopic (exact) mass is 329 g/mol. The third-order valence-electron chi connectivity index (χ3n) is 3.77. The molecule has 4 nitrogen and oxygen atoms in total. The van der Waals surface area contributed by atoms with Gasteiger partial charge in [-0.2, -0.15) is 0 Å². The highest BCUT2D eigenvalue weighted by atomic mass is 19.1. The van der Waals surface area contributed by atoms with Crippen LogP contribution in [0.1, 0.15) is 36.7 Å². The molecule has 0 radical (unpaired) electrons. The van der Waals surface area contributed by atoms with Crippen LogP contribution >= 0.6 is 0 Å². The van der Waals surface area contributed by atoms with E-state index >= 15 is 0 Å². The van der Waals surface area contributed by atoms with Crippen LogP contribution in [-0.2, 0) is 14.9 Å². The molecule has 2 rings (SSSR count). The lowest BCUT2D eigenvalue weighted by molar-refractivity contribution is -0.120. The van der Waals surface area contributed by atoms with Crippen molar-refractivity contribution in [3.05, 3.63) is 65.5 Å². The molecule has 0 bridgehead atoms. The molecule has 0 heterocycles. The van der Waals surface area contributed by atoms with Gasteiger partial charge in [-0.3, -0.25) is 4.79 Å². The lowest BCUT2D eigenvalue weighted by atomic mass is 9.83. The van der Waals surface area contributed by atoms with Crippen LogP contribution in [0.5, 0.6) is 0 Å². The average molecular weight is 329 g/mol. The standard InChI is InChI=1S/C19H20FNO3/c1-4-24-17(22)13-9-11-14(12-10-13)21-18(23)19(2,3)15-7-5-6-8-16(15)20/h5-12H,4H2,1-3H3,(H,21,23). The molecular formula is C19H20FNO3. The summed E-state index contributed by atoms with van der Waals surface area (Å²) >= 11 is 0. The summed E-state index contributed by atoms with van der Waals surface area (Å²) in [5, 5.41) is 2.75. The number of carbonyl (C=O) groups is 2. The zero-order valence-corrected chi connectivity index (χ0v) is 13.9. The lowest BCUT2D eigenvalue weighted by Gasteiger charge is -2.24. The number of benzene rings is 2. The zero-order valence-electron chi connectivity index (χ0n) is 13.9. The van der Waals surface area contributed by atoms with Gasteiger partial charge in [-0.1, -0.05) is 18.2 Å². The minimum Gasteiger partial charge on any atom is -0.462 e. The van der Waals surface area contributed by atoms with Gasteiger partial charge in [-0.25, -0.2) is 9.18 Å². The van der Waals surface area contributed by atoms with Gasteiger partial charge in [0.15, 0.2) is 0 Å². The Balaban J connectivity index is 2.14. The molecule has 5 heteroatoms. The zero-order chi connectivity index (χ0) is 17.7. The number of hydrogen-bond acceptors (Lipinski definition) is 3. The van der Waals surface area contributed by atoms with Gasteiger partial charge in [0, 0.05) is 11.3 Å². The quantitative estimate of drug-likeness (QED) is 0.846. The average Bonchev–Trinajstić information content (AvgIpc) is 2.56. The SMILES string of the molecule is CCOC(=O)c1ccc(NC(=O)C(C)(C)c2ccccc2F)cc1. The summed E-state index contributed by atoms with van der Waals surface area (Å²) in [5.41, 5.74) is 0.219. The van der Waals surface area contributed by atoms with Crippen molar-refractivity contribution in [2.45, 2.75) is 26.2 Å². The van der Waals surface area contributed by atoms with Crippen LogP contribution in [0.3, 0.4) is 0 Å². The first kappa shape index (κ1) is 17.7. The minimum absolute atomic E-state index is 0.300. The van der Waals surface area contributed by atoms with E-state index in [2.05, 4.69) is 5.32 Å². The van der Waals surface area contributed by atoms with Crippen LogP contribution in [0.2, 0.25) is 0 Å². The van der Waals surface area contributed by atoms with Gasteiger partial charge in [0.2, 0.25) is 5.91 Å². The summed E-state index contributed by atoms with van der Waals surface area (Å²) in [6.45, 7) is 5.35. The molecule has 0 unspecified atom stereocenters. The third-order valence-corrected chi connectivity index (χ3v) is 3.77. The molecule has 1 amide bonds. The predicted molar refractivity (Wildman–Crippen MR) is 90.5 cm³/mol. The van der Waals surface area contributed by atoms with Crippen molar-refractivity contribution in [2.75, 3.05) is 11.9 Å². The summed E-state index contributed by atoms with van der Waals surface area (Å²) < 4.78 is 18.9. The summed E-state index contributed by atoms with van der Waals surface area (Å²) in [6, 6.07) is 12.6. The number of hydrogen-bond donors (Lipinski definition) is 1. The lowest BCUT2D eigenvalue weighted by Crippen LogP contribution is -2.35. The molecule has 2 aromatic rings. The van der Waals surface area contributed by atoms with Gasteiger partial charge in [0.25, 0.3) is 0 Å². The van der Waals surface area contributed by atoms with Gasteiger partial charge in [0.05, 0.1) is 17.6 Å². The molecule has 0 aliphatic heterocycles. The van der Waals surface area contributed by atoms with E-state index in [1.54, 1.807) is 63.2 Å². The van der Waals surface area contributed by atoms with Crippen molar-refractivity contribution in [1.29, 1.82) is 0 Å². The van der Waals surface area contributed by atoms with Gasteiger partial charge in [-0.15, -0.1) is 0 Å². The van der Waals surface area contributed by atoms with Gasteiger partial charge < -0.3 is 10.1 Å². The summed E-state index contributed by atoms with van der Waals surface area (Å²) in [5.74, 6) is -1.17. The molecule has 1 N–H and O–H groups in total. The number of halogens is 1. The van der Waals surface area contributed by atoms with Crippen molar-refractivity contribution in [3.63, 3.8) is 0 Å². The Hall–Kier alpha value is -2.69. The van der Waals surface area contributed by atoms with Crippen LogP contribution in [0, 0.1) is 5.82 Å². The van der Waals surface area contributed by atoms with E-state index in [-0.39, 0.29) is 5.91 Å². The molecule has 2 aromatic carbocycles. The van der Waals surface area contributed by atoms with E-state index in [0.29, 0.717) is 23.4 Å². The summed E-state index contributed by atoms with van der Waals surface area (Å²) in [7, 11) is 0. The Morgan fingerprint density at radius 3 is 2.29 bits per heavy atom. The van der Waals surface area contributed by atoms with Crippen LogP contribution in [-0.4, -0.2) is 18.5 Å². The maximum Gasteiger partial charge on any atom is 0.338 e. The Morgan fingerprint density at radius 1 is 1.08 bits per heavy atom. The first-order valence-electron chi connectivity index (χ1n) is 7.70. The third kappa shape index (κ3) is 3.79. The van der Waals surface area contributed by atoms with Crippen LogP contribution < -0.4 is 5.32 Å². The van der Waals surface area contributed by atoms with Gasteiger partial charge in [0.1, 0.15) is 5.82 Å². The van der Waals surface area contributed by atoms with Crippen molar-refractivity contribution < 1.29 is 18.7 Å². The minimum atomic E-state index is -1.04. The van der Waals surface area contributed by atoms with E-state index in [9.17, 15) is 14.0 Å². The largest absolute Gasteiger partial charge is 0.462 e. The fraction of sp³-hybridized carbons (Fsp3) is 0.263. The maximum atomic E-state index is 14.0. The van der Waals surface area contributed by atoms with E-state index in [1.807, 2.05) is 0 Å². The fourth-order valence-electron chi connectivity index (χ4n) is 2.28. The molecule has 0 saturated heterocycles. The normalized spacial score (nSPS) is 11.0. The van der Waals surface area contributed by atoms with Gasteiger partial charge in [-0.05, 0) is 51.1 Å². The Kier molecular flexibility index (Phi) is 5.34. The molecule has 24 heavy (non-hydrogen) atoms. The Bertz CT molecular complexity index is 739. The second kappa shape index (κ2) is 7.25. The Labute approximate surface area is 140 Å². The molecule has 0 aromatic heterocycles. The van der Waals surface area contributed by atoms with Crippen molar-refractivity contribution in [3.8, 4) is 0 Å². The number of esters is 1.